The zero-order valence-electron chi connectivity index (χ0n) is 17.9. The smallest absolute Gasteiger partial charge is 0.414 e. The van der Waals surface area contributed by atoms with Crippen LogP contribution in [0.1, 0.15) is 30.1 Å². The van der Waals surface area contributed by atoms with E-state index in [0.717, 1.165) is 19.4 Å². The van der Waals surface area contributed by atoms with Crippen molar-refractivity contribution >= 4 is 17.9 Å². The molecule has 4 N–H and O–H groups in total. The molecule has 0 aliphatic heterocycles. The van der Waals surface area contributed by atoms with Gasteiger partial charge in [0.15, 0.2) is 11.5 Å². The maximum atomic E-state index is 11.5. The minimum Gasteiger partial charge on any atom is -0.493 e. The van der Waals surface area contributed by atoms with Crippen molar-refractivity contribution in [3.8, 4) is 11.5 Å². The molecule has 0 aromatic heterocycles. The number of ether oxygens (including phenoxy) is 3. The number of esters is 1. The lowest BCUT2D eigenvalue weighted by atomic mass is 10.2. The van der Waals surface area contributed by atoms with Gasteiger partial charge in [-0.2, -0.15) is 0 Å². The van der Waals surface area contributed by atoms with Gasteiger partial charge in [-0.05, 0) is 31.2 Å². The topological polar surface area (TPSA) is 163 Å². The highest BCUT2D eigenvalue weighted by molar-refractivity contribution is 6.27. The number of hydrogen-bond donors (Lipinski definition) is 4. The van der Waals surface area contributed by atoms with Gasteiger partial charge in [-0.1, -0.05) is 13.3 Å². The first-order chi connectivity index (χ1) is 14.7. The van der Waals surface area contributed by atoms with Crippen LogP contribution in [0, 0.1) is 0 Å². The average molecular weight is 445 g/mol. The number of nitrogens with zero attached hydrogens (tertiary/aromatic N) is 1. The molecule has 0 saturated carbocycles. The van der Waals surface area contributed by atoms with E-state index in [0.29, 0.717) is 30.2 Å². The van der Waals surface area contributed by atoms with Crippen molar-refractivity contribution in [2.24, 2.45) is 0 Å². The number of aliphatic hydroxyl groups is 2. The van der Waals surface area contributed by atoms with E-state index in [4.69, 9.17) is 34.4 Å². The van der Waals surface area contributed by atoms with Crippen molar-refractivity contribution < 1.29 is 49.0 Å². The van der Waals surface area contributed by atoms with Crippen LogP contribution < -0.4 is 9.47 Å². The Kier molecular flexibility index (Phi) is 14.4. The second-order valence-corrected chi connectivity index (χ2v) is 6.31. The molecule has 31 heavy (non-hydrogen) atoms. The summed E-state index contributed by atoms with van der Waals surface area (Å²) in [6, 6.07) is 4.72. The summed E-state index contributed by atoms with van der Waals surface area (Å²) >= 11 is 0. The first-order valence-corrected chi connectivity index (χ1v) is 9.56. The number of aliphatic hydroxyl groups excluding tert-OH is 2. The summed E-state index contributed by atoms with van der Waals surface area (Å²) in [4.78, 5) is 31.8. The van der Waals surface area contributed by atoms with Crippen molar-refractivity contribution in [1.82, 2.24) is 4.90 Å². The van der Waals surface area contributed by atoms with E-state index in [1.165, 1.54) is 20.3 Å². The summed E-state index contributed by atoms with van der Waals surface area (Å²) in [6.45, 7) is 4.01. The van der Waals surface area contributed by atoms with Crippen LogP contribution in [0.5, 0.6) is 11.5 Å². The van der Waals surface area contributed by atoms with Crippen molar-refractivity contribution in [3.63, 3.8) is 0 Å². The predicted octanol–water partition coefficient (Wildman–Crippen LogP) is 0.472. The number of carbonyl (C=O) groups is 3. The molecule has 11 heteroatoms. The van der Waals surface area contributed by atoms with Gasteiger partial charge < -0.3 is 34.6 Å². The van der Waals surface area contributed by atoms with Gasteiger partial charge in [0.1, 0.15) is 12.7 Å². The lowest BCUT2D eigenvalue weighted by Crippen LogP contribution is -2.37. The third kappa shape index (κ3) is 11.8. The van der Waals surface area contributed by atoms with Gasteiger partial charge in [0.25, 0.3) is 0 Å². The standard InChI is InChI=1S/C18H29NO6.C2H2O4/c1-4-5-8-19(9-10-20)12-15(21)13-25-16-7-6-14(18(22)24-3)11-17(16)23-2;3-1(4)2(5)6/h6-7,11,15,20-21H,4-5,8-10,12-13H2,1-3H3;(H,3,4)(H,5,6). The average Bonchev–Trinajstić information content (AvgIpc) is 2.75. The molecule has 11 nitrogen and oxygen atoms in total. The Balaban J connectivity index is 0.00000131. The Bertz CT molecular complexity index is 683. The molecule has 1 rings (SSSR count). The van der Waals surface area contributed by atoms with Gasteiger partial charge in [-0.15, -0.1) is 0 Å². The number of aliphatic carboxylic acids is 2. The monoisotopic (exact) mass is 445 g/mol. The van der Waals surface area contributed by atoms with Crippen molar-refractivity contribution in [2.45, 2.75) is 25.9 Å². The van der Waals surface area contributed by atoms with Gasteiger partial charge in [0.2, 0.25) is 0 Å². The van der Waals surface area contributed by atoms with Gasteiger partial charge in [0, 0.05) is 13.1 Å². The zero-order chi connectivity index (χ0) is 23.8. The van der Waals surface area contributed by atoms with Crippen LogP contribution >= 0.6 is 0 Å². The Hall–Kier alpha value is -2.89. The van der Waals surface area contributed by atoms with Crippen LogP contribution in [-0.2, 0) is 14.3 Å². The number of rotatable bonds is 12. The SMILES string of the molecule is CCCCN(CCO)CC(O)COc1ccc(C(=O)OC)cc1OC.O=C(O)C(=O)O. The quantitative estimate of drug-likeness (QED) is 0.261. The Labute approximate surface area is 180 Å². The van der Waals surface area contributed by atoms with Gasteiger partial charge in [-0.25, -0.2) is 14.4 Å². The molecule has 0 spiro atoms. The van der Waals surface area contributed by atoms with Gasteiger partial charge in [0.05, 0.1) is 26.4 Å². The molecule has 1 atom stereocenters. The number of methoxy groups -OCH3 is 2. The first kappa shape index (κ1) is 28.1. The Morgan fingerprint density at radius 3 is 2.19 bits per heavy atom. The van der Waals surface area contributed by atoms with E-state index in [9.17, 15) is 9.90 Å². The lowest BCUT2D eigenvalue weighted by Gasteiger charge is -2.24. The Morgan fingerprint density at radius 2 is 1.71 bits per heavy atom. The molecule has 0 fully saturated rings. The molecule has 176 valence electrons. The van der Waals surface area contributed by atoms with E-state index in [2.05, 4.69) is 11.7 Å². The molecule has 0 aliphatic rings. The maximum Gasteiger partial charge on any atom is 0.414 e. The second-order valence-electron chi connectivity index (χ2n) is 6.31. The summed E-state index contributed by atoms with van der Waals surface area (Å²) < 4.78 is 15.5. The van der Waals surface area contributed by atoms with Crippen molar-refractivity contribution in [3.05, 3.63) is 23.8 Å². The fourth-order valence-corrected chi connectivity index (χ4v) is 2.39. The third-order valence-corrected chi connectivity index (χ3v) is 3.91. The fourth-order valence-electron chi connectivity index (χ4n) is 2.39. The summed E-state index contributed by atoms with van der Waals surface area (Å²) in [5.41, 5.74) is 0.362. The number of carbonyl (C=O) groups excluding carboxylic acids is 1. The number of unbranched alkanes of at least 4 members (excludes halogenated alkanes) is 1. The van der Waals surface area contributed by atoms with Crippen molar-refractivity contribution in [1.29, 1.82) is 0 Å². The Morgan fingerprint density at radius 1 is 1.06 bits per heavy atom. The van der Waals surface area contributed by atoms with Crippen LogP contribution in [-0.4, -0.2) is 96.4 Å². The van der Waals surface area contributed by atoms with Crippen LogP contribution in [0.2, 0.25) is 0 Å². The minimum absolute atomic E-state index is 0.0557. The third-order valence-electron chi connectivity index (χ3n) is 3.91. The minimum atomic E-state index is -1.82. The van der Waals surface area contributed by atoms with Crippen LogP contribution in [0.15, 0.2) is 18.2 Å². The molecule has 0 saturated heterocycles. The van der Waals surface area contributed by atoms with Gasteiger partial charge in [-0.3, -0.25) is 4.90 Å². The van der Waals surface area contributed by atoms with Crippen LogP contribution in [0.25, 0.3) is 0 Å². The number of carboxylic acids is 2. The molecule has 1 aromatic rings. The summed E-state index contributed by atoms with van der Waals surface area (Å²) in [6.07, 6.45) is 1.36. The van der Waals surface area contributed by atoms with E-state index in [1.807, 2.05) is 4.90 Å². The molecule has 0 heterocycles. The molecular weight excluding hydrogens is 414 g/mol. The normalized spacial score (nSPS) is 11.2. The van der Waals surface area contributed by atoms with Gasteiger partial charge >= 0.3 is 17.9 Å². The van der Waals surface area contributed by atoms with Crippen LogP contribution in [0.3, 0.4) is 0 Å². The molecule has 1 unspecified atom stereocenters. The molecule has 0 radical (unpaired) electrons. The maximum absolute atomic E-state index is 11.5. The molecule has 0 amide bonds. The first-order valence-electron chi connectivity index (χ1n) is 9.56. The molecular formula is C20H31NO10. The van der Waals surface area contributed by atoms with E-state index >= 15 is 0 Å². The van der Waals surface area contributed by atoms with E-state index < -0.39 is 24.0 Å². The highest BCUT2D eigenvalue weighted by Gasteiger charge is 2.15. The number of carboxylic acid groups (broad SMARTS) is 2. The number of benzene rings is 1. The van der Waals surface area contributed by atoms with E-state index in [-0.39, 0.29) is 13.2 Å². The highest BCUT2D eigenvalue weighted by Crippen LogP contribution is 2.28. The van der Waals surface area contributed by atoms with Crippen molar-refractivity contribution in [2.75, 3.05) is 47.1 Å². The molecule has 0 aliphatic carbocycles. The molecule has 1 aromatic carbocycles. The van der Waals surface area contributed by atoms with E-state index in [1.54, 1.807) is 12.1 Å². The zero-order valence-corrected chi connectivity index (χ0v) is 17.9. The second kappa shape index (κ2) is 15.9. The summed E-state index contributed by atoms with van der Waals surface area (Å²) in [5.74, 6) is -3.27. The summed E-state index contributed by atoms with van der Waals surface area (Å²) in [7, 11) is 2.79. The predicted molar refractivity (Wildman–Crippen MR) is 110 cm³/mol. The largest absolute Gasteiger partial charge is 0.493 e. The fraction of sp³-hybridized carbons (Fsp3) is 0.550. The molecule has 0 bridgehead atoms. The summed E-state index contributed by atoms with van der Waals surface area (Å²) in [5, 5.41) is 34.1. The number of hydrogen-bond acceptors (Lipinski definition) is 9. The highest BCUT2D eigenvalue weighted by atomic mass is 16.5. The van der Waals surface area contributed by atoms with Crippen LogP contribution in [0.4, 0.5) is 0 Å². The lowest BCUT2D eigenvalue weighted by molar-refractivity contribution is -0.159.